The molecule has 174 valence electrons. The summed E-state index contributed by atoms with van der Waals surface area (Å²) in [6, 6.07) is 7.82. The largest absolute Gasteiger partial charge is 0.497 e. The molecular formula is C19H22F3N5O4S. The first-order valence-electron chi connectivity index (χ1n) is 9.55. The number of nitrogens with zero attached hydrogens (tertiary/aromatic N) is 3. The number of methoxy groups -OCH3 is 1. The van der Waals surface area contributed by atoms with Crippen LogP contribution >= 0.6 is 0 Å². The van der Waals surface area contributed by atoms with Gasteiger partial charge in [0.25, 0.3) is 10.2 Å². The first-order valence-corrected chi connectivity index (χ1v) is 11.1. The van der Waals surface area contributed by atoms with E-state index in [1.54, 1.807) is 33.9 Å². The summed E-state index contributed by atoms with van der Waals surface area (Å²) < 4.78 is 68.6. The van der Waals surface area contributed by atoms with Crippen LogP contribution in [0.3, 0.4) is 0 Å². The van der Waals surface area contributed by atoms with Crippen LogP contribution in [0.15, 0.2) is 36.5 Å². The second-order valence-corrected chi connectivity index (χ2v) is 8.78. The monoisotopic (exact) mass is 473 g/mol. The van der Waals surface area contributed by atoms with Crippen LogP contribution in [0.1, 0.15) is 30.5 Å². The minimum absolute atomic E-state index is 0.0620. The predicted octanol–water partition coefficient (Wildman–Crippen LogP) is 1.75. The third kappa shape index (κ3) is 5.65. The van der Waals surface area contributed by atoms with Gasteiger partial charge in [0, 0.05) is 31.1 Å². The highest BCUT2D eigenvalue weighted by molar-refractivity contribution is 7.87. The second-order valence-electron chi connectivity index (χ2n) is 7.49. The number of alkyl halides is 3. The van der Waals surface area contributed by atoms with Gasteiger partial charge in [-0.1, -0.05) is 12.1 Å². The Kier molecular flexibility index (Phi) is 6.60. The van der Waals surface area contributed by atoms with E-state index in [9.17, 15) is 26.4 Å². The van der Waals surface area contributed by atoms with Gasteiger partial charge in [-0.3, -0.25) is 4.79 Å². The molecule has 1 aliphatic heterocycles. The molecule has 1 saturated heterocycles. The van der Waals surface area contributed by atoms with Crippen molar-refractivity contribution in [3.63, 3.8) is 0 Å². The zero-order chi connectivity index (χ0) is 23.6. The first kappa shape index (κ1) is 23.7. The lowest BCUT2D eigenvalue weighted by Crippen LogP contribution is -2.47. The fourth-order valence-electron chi connectivity index (χ4n) is 3.82. The van der Waals surface area contributed by atoms with Crippen molar-refractivity contribution in [1.82, 2.24) is 14.7 Å². The molecule has 1 fully saturated rings. The molecule has 3 N–H and O–H groups in total. The van der Waals surface area contributed by atoms with E-state index in [2.05, 4.69) is 9.97 Å². The molecule has 0 spiro atoms. The van der Waals surface area contributed by atoms with Gasteiger partial charge >= 0.3 is 6.18 Å². The summed E-state index contributed by atoms with van der Waals surface area (Å²) >= 11 is 0. The predicted molar refractivity (Wildman–Crippen MR) is 109 cm³/mol. The zero-order valence-corrected chi connectivity index (χ0v) is 17.9. The number of carbonyl (C=O) groups excluding carboxylic acids is 1. The van der Waals surface area contributed by atoms with Gasteiger partial charge in [-0.25, -0.2) is 19.8 Å². The van der Waals surface area contributed by atoms with Gasteiger partial charge in [0.15, 0.2) is 0 Å². The fourth-order valence-corrected chi connectivity index (χ4v) is 4.21. The van der Waals surface area contributed by atoms with Gasteiger partial charge in [0.05, 0.1) is 7.11 Å². The fraction of sp³-hybridized carbons (Fsp3) is 0.421. The molecule has 0 unspecified atom stereocenters. The first-order chi connectivity index (χ1) is 14.9. The smallest absolute Gasteiger partial charge is 0.433 e. The van der Waals surface area contributed by atoms with Crippen LogP contribution in [0.4, 0.5) is 19.1 Å². The van der Waals surface area contributed by atoms with Crippen LogP contribution < -0.4 is 19.5 Å². The van der Waals surface area contributed by atoms with Crippen LogP contribution in [0, 0.1) is 0 Å². The van der Waals surface area contributed by atoms with Gasteiger partial charge in [0.2, 0.25) is 11.9 Å². The number of aromatic nitrogens is 2. The highest BCUT2D eigenvalue weighted by atomic mass is 32.2. The molecule has 32 heavy (non-hydrogen) atoms. The maximum atomic E-state index is 13.0. The molecular weight excluding hydrogens is 451 g/mol. The third-order valence-corrected chi connectivity index (χ3v) is 5.89. The zero-order valence-electron chi connectivity index (χ0n) is 17.1. The lowest BCUT2D eigenvalue weighted by molar-refractivity contribution is -0.141. The number of halogens is 3. The Balaban J connectivity index is 1.87. The van der Waals surface area contributed by atoms with Crippen LogP contribution in [0.5, 0.6) is 5.75 Å². The number of piperidine rings is 1. The number of carbonyl (C=O) groups is 1. The Morgan fingerprint density at radius 2 is 1.97 bits per heavy atom. The van der Waals surface area contributed by atoms with Gasteiger partial charge in [-0.15, -0.1) is 0 Å². The Hall–Kier alpha value is -2.93. The van der Waals surface area contributed by atoms with E-state index in [0.29, 0.717) is 18.6 Å². The average Bonchev–Trinajstić information content (AvgIpc) is 2.72. The minimum Gasteiger partial charge on any atom is -0.497 e. The molecule has 1 aromatic carbocycles. The SMILES string of the molecule is COc1cccc(C2(CC(=O)NS(N)(=O)=O)CCN(c3nccc(C(F)(F)F)n3)CC2)c1. The molecule has 13 heteroatoms. The molecule has 1 amide bonds. The van der Waals surface area contributed by atoms with Crippen LogP contribution in [0.25, 0.3) is 0 Å². The summed E-state index contributed by atoms with van der Waals surface area (Å²) in [7, 11) is -2.74. The van der Waals surface area contributed by atoms with Crippen LogP contribution in [0.2, 0.25) is 0 Å². The maximum Gasteiger partial charge on any atom is 0.433 e. The van der Waals surface area contributed by atoms with Crippen molar-refractivity contribution >= 4 is 22.1 Å². The molecule has 0 saturated carbocycles. The van der Waals surface area contributed by atoms with Crippen LogP contribution in [-0.2, 0) is 26.6 Å². The molecule has 2 heterocycles. The number of amides is 1. The van der Waals surface area contributed by atoms with E-state index in [1.165, 1.54) is 7.11 Å². The van der Waals surface area contributed by atoms with Crippen molar-refractivity contribution in [3.05, 3.63) is 47.8 Å². The van der Waals surface area contributed by atoms with Crippen molar-refractivity contribution in [3.8, 4) is 5.75 Å². The lowest BCUT2D eigenvalue weighted by Gasteiger charge is -2.42. The highest BCUT2D eigenvalue weighted by Gasteiger charge is 2.40. The molecule has 9 nitrogen and oxygen atoms in total. The second kappa shape index (κ2) is 8.90. The summed E-state index contributed by atoms with van der Waals surface area (Å²) in [5.74, 6) is -0.287. The Morgan fingerprint density at radius 3 is 2.56 bits per heavy atom. The Labute approximate surface area is 183 Å². The van der Waals surface area contributed by atoms with Crippen molar-refractivity contribution in [2.75, 3.05) is 25.1 Å². The summed E-state index contributed by atoms with van der Waals surface area (Å²) in [5, 5.41) is 4.92. The Morgan fingerprint density at radius 1 is 1.28 bits per heavy atom. The number of rotatable bonds is 6. The number of nitrogens with one attached hydrogen (secondary N) is 1. The van der Waals surface area contributed by atoms with E-state index in [-0.39, 0.29) is 25.5 Å². The number of anilines is 1. The number of hydrogen-bond donors (Lipinski definition) is 2. The number of hydrogen-bond acceptors (Lipinski definition) is 7. The summed E-state index contributed by atoms with van der Waals surface area (Å²) in [6.07, 6.45) is -3.07. The van der Waals surface area contributed by atoms with Gasteiger partial charge in [-0.05, 0) is 36.6 Å². The van der Waals surface area contributed by atoms with E-state index < -0.39 is 33.4 Å². The van der Waals surface area contributed by atoms with Crippen molar-refractivity contribution in [1.29, 1.82) is 0 Å². The quantitative estimate of drug-likeness (QED) is 0.654. The third-order valence-electron chi connectivity index (χ3n) is 5.37. The Bertz CT molecular complexity index is 1090. The van der Waals surface area contributed by atoms with E-state index in [4.69, 9.17) is 9.88 Å². The van der Waals surface area contributed by atoms with Crippen molar-refractivity contribution in [2.24, 2.45) is 5.14 Å². The van der Waals surface area contributed by atoms with Gasteiger partial charge in [-0.2, -0.15) is 21.6 Å². The molecule has 0 aliphatic carbocycles. The normalized spacial score (nSPS) is 16.5. The standard InChI is InChI=1S/C19H22F3N5O4S/c1-31-14-4-2-3-13(11-14)18(12-16(28)26-32(23,29)30)6-9-27(10-7-18)17-24-8-5-15(25-17)19(20,21)22/h2-5,8,11H,6-7,9-10,12H2,1H3,(H,26,28)(H2,23,29,30). The van der Waals surface area contributed by atoms with Crippen molar-refractivity contribution in [2.45, 2.75) is 30.9 Å². The minimum atomic E-state index is -4.59. The molecule has 3 rings (SSSR count). The van der Waals surface area contributed by atoms with Crippen LogP contribution in [-0.4, -0.2) is 44.5 Å². The molecule has 1 aliphatic rings. The molecule has 0 bridgehead atoms. The van der Waals surface area contributed by atoms with Gasteiger partial charge < -0.3 is 9.64 Å². The molecule has 2 aromatic rings. The van der Waals surface area contributed by atoms with E-state index in [0.717, 1.165) is 17.8 Å². The molecule has 0 radical (unpaired) electrons. The van der Waals surface area contributed by atoms with E-state index >= 15 is 0 Å². The number of benzene rings is 1. The maximum absolute atomic E-state index is 13.0. The average molecular weight is 473 g/mol. The molecule has 1 aromatic heterocycles. The van der Waals surface area contributed by atoms with Gasteiger partial charge in [0.1, 0.15) is 11.4 Å². The number of nitrogens with two attached hydrogens (primary N) is 1. The summed E-state index contributed by atoms with van der Waals surface area (Å²) in [4.78, 5) is 21.6. The number of ether oxygens (including phenoxy) is 1. The molecule has 0 atom stereocenters. The lowest BCUT2D eigenvalue weighted by atomic mass is 9.70. The highest BCUT2D eigenvalue weighted by Crippen LogP contribution is 2.40. The van der Waals surface area contributed by atoms with E-state index in [1.807, 2.05) is 0 Å². The topological polar surface area (TPSA) is 128 Å². The summed E-state index contributed by atoms with van der Waals surface area (Å²) in [5.41, 5.74) is -1.09. The van der Waals surface area contributed by atoms with Crippen molar-refractivity contribution < 1.29 is 31.1 Å². The summed E-state index contributed by atoms with van der Waals surface area (Å²) in [6.45, 7) is 0.502.